The molecule has 3 rings (SSSR count). The third-order valence-electron chi connectivity index (χ3n) is 3.90. The molecule has 1 N–H and O–H groups in total. The average molecular weight is 335 g/mol. The van der Waals surface area contributed by atoms with E-state index in [0.29, 0.717) is 11.9 Å². The predicted molar refractivity (Wildman–Crippen MR) is 79.7 cm³/mol. The Labute approximate surface area is 136 Å². The molecule has 2 amide bonds. The van der Waals surface area contributed by atoms with Gasteiger partial charge in [0.1, 0.15) is 23.8 Å². The second-order valence-electron chi connectivity index (χ2n) is 5.63. The molecule has 0 spiro atoms. The maximum absolute atomic E-state index is 13.9. The molecule has 0 saturated carbocycles. The molecule has 126 valence electrons. The van der Waals surface area contributed by atoms with Crippen molar-refractivity contribution in [3.05, 3.63) is 42.0 Å². The van der Waals surface area contributed by atoms with E-state index in [9.17, 15) is 18.4 Å². The van der Waals surface area contributed by atoms with Gasteiger partial charge in [0, 0.05) is 26.1 Å². The minimum absolute atomic E-state index is 0.0175. The Kier molecular flexibility index (Phi) is 4.24. The topological polar surface area (TPSA) is 82.2 Å². The SMILES string of the molecule is CN(Cc1ncn[nH]1)C(=O)C1CC(=O)N(c2ccc(F)cc2F)C1. The zero-order valence-electron chi connectivity index (χ0n) is 12.9. The number of carbonyl (C=O) groups excluding carboxylic acids is 2. The van der Waals surface area contributed by atoms with E-state index in [1.54, 1.807) is 7.05 Å². The summed E-state index contributed by atoms with van der Waals surface area (Å²) in [6, 6.07) is 3.00. The number of benzene rings is 1. The summed E-state index contributed by atoms with van der Waals surface area (Å²) in [5.74, 6) is -2.23. The summed E-state index contributed by atoms with van der Waals surface area (Å²) in [6.45, 7) is 0.287. The Hall–Kier alpha value is -2.84. The van der Waals surface area contributed by atoms with Crippen LogP contribution < -0.4 is 4.90 Å². The van der Waals surface area contributed by atoms with Gasteiger partial charge in [-0.25, -0.2) is 13.8 Å². The molecule has 2 aromatic rings. The number of amides is 2. The Balaban J connectivity index is 1.70. The van der Waals surface area contributed by atoms with Crippen LogP contribution in [0.25, 0.3) is 0 Å². The first-order chi connectivity index (χ1) is 11.5. The molecule has 1 fully saturated rings. The van der Waals surface area contributed by atoms with Crippen LogP contribution in [0.3, 0.4) is 0 Å². The molecular weight excluding hydrogens is 320 g/mol. The van der Waals surface area contributed by atoms with Gasteiger partial charge in [0.05, 0.1) is 18.2 Å². The number of nitrogens with one attached hydrogen (secondary N) is 1. The molecule has 0 radical (unpaired) electrons. The fraction of sp³-hybridized carbons (Fsp3) is 0.333. The molecule has 1 aromatic carbocycles. The maximum atomic E-state index is 13.9. The lowest BCUT2D eigenvalue weighted by Crippen LogP contribution is -2.34. The lowest BCUT2D eigenvalue weighted by Gasteiger charge is -2.20. The van der Waals surface area contributed by atoms with Crippen molar-refractivity contribution in [2.75, 3.05) is 18.5 Å². The first-order valence-corrected chi connectivity index (χ1v) is 7.30. The molecule has 0 aliphatic carbocycles. The van der Waals surface area contributed by atoms with Crippen molar-refractivity contribution in [1.29, 1.82) is 0 Å². The van der Waals surface area contributed by atoms with Gasteiger partial charge >= 0.3 is 0 Å². The van der Waals surface area contributed by atoms with Gasteiger partial charge in [0.15, 0.2) is 0 Å². The number of carbonyl (C=O) groups is 2. The number of halogens is 2. The smallest absolute Gasteiger partial charge is 0.228 e. The van der Waals surface area contributed by atoms with Gasteiger partial charge < -0.3 is 9.80 Å². The van der Waals surface area contributed by atoms with Crippen LogP contribution in [0.4, 0.5) is 14.5 Å². The Morgan fingerprint density at radius 1 is 1.46 bits per heavy atom. The zero-order valence-corrected chi connectivity index (χ0v) is 12.9. The molecule has 0 bridgehead atoms. The number of aromatic amines is 1. The largest absolute Gasteiger partial charge is 0.338 e. The minimum Gasteiger partial charge on any atom is -0.338 e. The van der Waals surface area contributed by atoms with E-state index >= 15 is 0 Å². The van der Waals surface area contributed by atoms with Crippen molar-refractivity contribution in [3.8, 4) is 0 Å². The molecule has 1 aliphatic heterocycles. The third-order valence-corrected chi connectivity index (χ3v) is 3.90. The predicted octanol–water partition coefficient (Wildman–Crippen LogP) is 1.09. The number of H-pyrrole nitrogens is 1. The summed E-state index contributed by atoms with van der Waals surface area (Å²) in [7, 11) is 1.59. The highest BCUT2D eigenvalue weighted by atomic mass is 19.1. The minimum atomic E-state index is -0.827. The monoisotopic (exact) mass is 335 g/mol. The lowest BCUT2D eigenvalue weighted by atomic mass is 10.1. The summed E-state index contributed by atoms with van der Waals surface area (Å²) < 4.78 is 26.9. The maximum Gasteiger partial charge on any atom is 0.228 e. The van der Waals surface area contributed by atoms with Crippen LogP contribution in [0, 0.1) is 17.6 Å². The van der Waals surface area contributed by atoms with E-state index in [2.05, 4.69) is 15.2 Å². The summed E-state index contributed by atoms with van der Waals surface area (Å²) >= 11 is 0. The van der Waals surface area contributed by atoms with E-state index < -0.39 is 17.6 Å². The van der Waals surface area contributed by atoms with Crippen molar-refractivity contribution in [3.63, 3.8) is 0 Å². The highest BCUT2D eigenvalue weighted by molar-refractivity contribution is 6.00. The van der Waals surface area contributed by atoms with Gasteiger partial charge in [-0.1, -0.05) is 0 Å². The van der Waals surface area contributed by atoms with Crippen LogP contribution in [-0.4, -0.2) is 45.5 Å². The van der Waals surface area contributed by atoms with Gasteiger partial charge in [0.2, 0.25) is 11.8 Å². The molecule has 2 heterocycles. The quantitative estimate of drug-likeness (QED) is 0.907. The standard InChI is InChI=1S/C15H15F2N5O2/c1-21(7-13-18-8-19-20-13)15(24)9-4-14(23)22(6-9)12-3-2-10(16)5-11(12)17/h2-3,5,8-9H,4,6-7H2,1H3,(H,18,19,20). The molecule has 1 aromatic heterocycles. The second-order valence-corrected chi connectivity index (χ2v) is 5.63. The number of nitrogens with zero attached hydrogens (tertiary/aromatic N) is 4. The van der Waals surface area contributed by atoms with E-state index in [-0.39, 0.29) is 37.0 Å². The van der Waals surface area contributed by atoms with Crippen molar-refractivity contribution < 1.29 is 18.4 Å². The number of rotatable bonds is 4. The van der Waals surface area contributed by atoms with Crippen LogP contribution >= 0.6 is 0 Å². The van der Waals surface area contributed by atoms with Gasteiger partial charge in [-0.05, 0) is 12.1 Å². The highest BCUT2D eigenvalue weighted by Gasteiger charge is 2.37. The first-order valence-electron chi connectivity index (χ1n) is 7.30. The van der Waals surface area contributed by atoms with Gasteiger partial charge in [-0.2, -0.15) is 5.10 Å². The van der Waals surface area contributed by atoms with Crippen molar-refractivity contribution in [2.45, 2.75) is 13.0 Å². The Morgan fingerprint density at radius 2 is 2.25 bits per heavy atom. The van der Waals surface area contributed by atoms with Crippen LogP contribution in [0.15, 0.2) is 24.5 Å². The van der Waals surface area contributed by atoms with E-state index in [1.807, 2.05) is 0 Å². The highest BCUT2D eigenvalue weighted by Crippen LogP contribution is 2.28. The number of hydrogen-bond donors (Lipinski definition) is 1. The number of aromatic nitrogens is 3. The Bertz CT molecular complexity index is 765. The van der Waals surface area contributed by atoms with Crippen LogP contribution in [-0.2, 0) is 16.1 Å². The van der Waals surface area contributed by atoms with E-state index in [1.165, 1.54) is 22.2 Å². The molecule has 9 heteroatoms. The molecule has 1 saturated heterocycles. The third kappa shape index (κ3) is 3.10. The van der Waals surface area contributed by atoms with Crippen LogP contribution in [0.2, 0.25) is 0 Å². The average Bonchev–Trinajstić information content (AvgIpc) is 3.16. The van der Waals surface area contributed by atoms with E-state index in [0.717, 1.165) is 6.07 Å². The van der Waals surface area contributed by atoms with E-state index in [4.69, 9.17) is 0 Å². The fourth-order valence-electron chi connectivity index (χ4n) is 2.73. The number of anilines is 1. The molecule has 24 heavy (non-hydrogen) atoms. The van der Waals surface area contributed by atoms with Crippen molar-refractivity contribution in [2.24, 2.45) is 5.92 Å². The Morgan fingerprint density at radius 3 is 2.92 bits per heavy atom. The summed E-state index contributed by atoms with van der Waals surface area (Å²) in [5, 5.41) is 6.36. The number of hydrogen-bond acceptors (Lipinski definition) is 4. The fourth-order valence-corrected chi connectivity index (χ4v) is 2.73. The first kappa shape index (κ1) is 16.0. The van der Waals surface area contributed by atoms with Crippen LogP contribution in [0.1, 0.15) is 12.2 Å². The van der Waals surface area contributed by atoms with Crippen LogP contribution in [0.5, 0.6) is 0 Å². The molecule has 1 aliphatic rings. The summed E-state index contributed by atoms with van der Waals surface area (Å²) in [4.78, 5) is 31.2. The zero-order chi connectivity index (χ0) is 17.3. The molecule has 1 atom stereocenters. The lowest BCUT2D eigenvalue weighted by molar-refractivity contribution is -0.135. The van der Waals surface area contributed by atoms with Gasteiger partial charge in [0.25, 0.3) is 0 Å². The summed E-state index contributed by atoms with van der Waals surface area (Å²) in [6.07, 6.45) is 1.32. The van der Waals surface area contributed by atoms with Gasteiger partial charge in [-0.15, -0.1) is 0 Å². The molecular formula is C15H15F2N5O2. The van der Waals surface area contributed by atoms with Crippen molar-refractivity contribution in [1.82, 2.24) is 20.1 Å². The second kappa shape index (κ2) is 6.34. The van der Waals surface area contributed by atoms with Gasteiger partial charge in [-0.3, -0.25) is 14.7 Å². The van der Waals surface area contributed by atoms with Crippen molar-refractivity contribution >= 4 is 17.5 Å². The molecule has 1 unspecified atom stereocenters. The normalized spacial score (nSPS) is 17.4. The molecule has 7 nitrogen and oxygen atoms in total. The summed E-state index contributed by atoms with van der Waals surface area (Å²) in [5.41, 5.74) is -0.0189.